The summed E-state index contributed by atoms with van der Waals surface area (Å²) in [7, 11) is -0.397. The van der Waals surface area contributed by atoms with E-state index in [1.807, 2.05) is 52.8 Å². The lowest BCUT2D eigenvalue weighted by Gasteiger charge is -2.32. The Bertz CT molecular complexity index is 550. The minimum absolute atomic E-state index is 0.224. The van der Waals surface area contributed by atoms with Crippen molar-refractivity contribution in [3.05, 3.63) is 23.8 Å². The second kappa shape index (κ2) is 6.05. The summed E-state index contributed by atoms with van der Waals surface area (Å²) < 4.78 is 17.5. The normalized spacial score (nSPS) is 19.3. The quantitative estimate of drug-likeness (QED) is 0.487. The maximum Gasteiger partial charge on any atom is 0.494 e. The Morgan fingerprint density at radius 3 is 2.23 bits per heavy atom. The van der Waals surface area contributed by atoms with E-state index in [4.69, 9.17) is 14.0 Å². The van der Waals surface area contributed by atoms with Gasteiger partial charge >= 0.3 is 13.1 Å². The number of rotatable bonds is 4. The molecule has 2 rings (SSSR count). The average molecular weight is 304 g/mol. The molecule has 1 aliphatic heterocycles. The highest BCUT2D eigenvalue weighted by atomic mass is 16.7. The molecule has 1 aliphatic rings. The molecule has 0 aromatic heterocycles. The van der Waals surface area contributed by atoms with Crippen LogP contribution in [0.3, 0.4) is 0 Å². The van der Waals surface area contributed by atoms with E-state index in [9.17, 15) is 4.79 Å². The molecule has 0 spiro atoms. The number of carbonyl (C=O) groups is 1. The van der Waals surface area contributed by atoms with Gasteiger partial charge in [0, 0.05) is 6.42 Å². The number of hydrogen-bond acceptors (Lipinski definition) is 4. The fraction of sp³-hybridized carbons (Fsp3) is 0.588. The van der Waals surface area contributed by atoms with Gasteiger partial charge in [0.25, 0.3) is 0 Å². The summed E-state index contributed by atoms with van der Waals surface area (Å²) in [4.78, 5) is 11.5. The SMILES string of the molecule is CCC(=O)Oc1ccc(B2OC(C)(C)C(C)(C)O2)cc1CC. The lowest BCUT2D eigenvalue weighted by Crippen LogP contribution is -2.41. The molecule has 22 heavy (non-hydrogen) atoms. The number of benzene rings is 1. The summed E-state index contributed by atoms with van der Waals surface area (Å²) in [6.07, 6.45) is 1.14. The van der Waals surface area contributed by atoms with E-state index >= 15 is 0 Å². The van der Waals surface area contributed by atoms with Crippen LogP contribution in [0, 0.1) is 0 Å². The lowest BCUT2D eigenvalue weighted by atomic mass is 9.78. The van der Waals surface area contributed by atoms with Crippen molar-refractivity contribution in [2.75, 3.05) is 0 Å². The fourth-order valence-electron chi connectivity index (χ4n) is 2.30. The van der Waals surface area contributed by atoms with E-state index in [-0.39, 0.29) is 17.2 Å². The van der Waals surface area contributed by atoms with Gasteiger partial charge < -0.3 is 14.0 Å². The maximum atomic E-state index is 11.5. The maximum absolute atomic E-state index is 11.5. The van der Waals surface area contributed by atoms with E-state index in [0.29, 0.717) is 12.2 Å². The molecule has 1 aromatic rings. The number of carbonyl (C=O) groups excluding carboxylic acids is 1. The van der Waals surface area contributed by atoms with Crippen molar-refractivity contribution >= 4 is 18.6 Å². The van der Waals surface area contributed by atoms with Crippen LogP contribution in [0.25, 0.3) is 0 Å². The largest absolute Gasteiger partial charge is 0.494 e. The molecule has 1 fully saturated rings. The summed E-state index contributed by atoms with van der Waals surface area (Å²) in [5.41, 5.74) is 1.20. The molecule has 0 saturated carbocycles. The first-order valence-corrected chi connectivity index (χ1v) is 7.89. The van der Waals surface area contributed by atoms with Crippen molar-refractivity contribution in [1.29, 1.82) is 0 Å². The van der Waals surface area contributed by atoms with Crippen molar-refractivity contribution in [2.24, 2.45) is 0 Å². The monoisotopic (exact) mass is 304 g/mol. The molecule has 0 amide bonds. The van der Waals surface area contributed by atoms with Gasteiger partial charge in [-0.2, -0.15) is 0 Å². The molecule has 120 valence electrons. The zero-order valence-corrected chi connectivity index (χ0v) is 14.4. The van der Waals surface area contributed by atoms with E-state index in [1.54, 1.807) is 6.92 Å². The Hall–Kier alpha value is -1.33. The van der Waals surface area contributed by atoms with Crippen LogP contribution in [0.1, 0.15) is 53.5 Å². The zero-order chi connectivity index (χ0) is 16.5. The van der Waals surface area contributed by atoms with Crippen LogP contribution in [0.15, 0.2) is 18.2 Å². The molecular weight excluding hydrogens is 279 g/mol. The van der Waals surface area contributed by atoms with E-state index in [1.165, 1.54) is 0 Å². The molecule has 0 aliphatic carbocycles. The Labute approximate surface area is 133 Å². The van der Waals surface area contributed by atoms with E-state index in [0.717, 1.165) is 17.4 Å². The van der Waals surface area contributed by atoms with Crippen molar-refractivity contribution in [2.45, 2.75) is 65.6 Å². The van der Waals surface area contributed by atoms with Crippen LogP contribution >= 0.6 is 0 Å². The van der Waals surface area contributed by atoms with Gasteiger partial charge in [-0.1, -0.05) is 26.0 Å². The fourth-order valence-corrected chi connectivity index (χ4v) is 2.30. The average Bonchev–Trinajstić information content (AvgIpc) is 2.67. The van der Waals surface area contributed by atoms with Crippen LogP contribution in [-0.4, -0.2) is 24.3 Å². The van der Waals surface area contributed by atoms with Gasteiger partial charge in [0.15, 0.2) is 0 Å². The highest BCUT2D eigenvalue weighted by molar-refractivity contribution is 6.62. The third kappa shape index (κ3) is 3.20. The first-order valence-electron chi connectivity index (χ1n) is 7.89. The van der Waals surface area contributed by atoms with Gasteiger partial charge in [0.05, 0.1) is 11.2 Å². The topological polar surface area (TPSA) is 44.8 Å². The molecule has 0 atom stereocenters. The Balaban J connectivity index is 2.26. The molecule has 0 radical (unpaired) electrons. The van der Waals surface area contributed by atoms with Gasteiger partial charge in [-0.3, -0.25) is 4.79 Å². The van der Waals surface area contributed by atoms with Crippen LogP contribution in [0.5, 0.6) is 5.75 Å². The number of aryl methyl sites for hydroxylation is 1. The molecule has 5 heteroatoms. The molecule has 0 bridgehead atoms. The third-order valence-electron chi connectivity index (χ3n) is 4.50. The predicted molar refractivity (Wildman–Crippen MR) is 87.5 cm³/mol. The Morgan fingerprint density at radius 2 is 1.73 bits per heavy atom. The summed E-state index contributed by atoms with van der Waals surface area (Å²) >= 11 is 0. The highest BCUT2D eigenvalue weighted by Gasteiger charge is 2.51. The second-order valence-corrected chi connectivity index (χ2v) is 6.64. The number of ether oxygens (including phenoxy) is 1. The molecule has 4 nitrogen and oxygen atoms in total. The Kier molecular flexibility index (Phi) is 4.69. The zero-order valence-electron chi connectivity index (χ0n) is 14.4. The highest BCUT2D eigenvalue weighted by Crippen LogP contribution is 2.36. The summed E-state index contributed by atoms with van der Waals surface area (Å²) in [6.45, 7) is 12.0. The van der Waals surface area contributed by atoms with Crippen molar-refractivity contribution in [3.8, 4) is 5.75 Å². The molecule has 1 aromatic carbocycles. The van der Waals surface area contributed by atoms with Crippen molar-refractivity contribution in [1.82, 2.24) is 0 Å². The first-order chi connectivity index (χ1) is 10.2. The van der Waals surface area contributed by atoms with Crippen LogP contribution in [0.4, 0.5) is 0 Å². The number of esters is 1. The van der Waals surface area contributed by atoms with Crippen LogP contribution < -0.4 is 10.2 Å². The van der Waals surface area contributed by atoms with Crippen molar-refractivity contribution in [3.63, 3.8) is 0 Å². The minimum atomic E-state index is -0.397. The molecule has 0 N–H and O–H groups in total. The lowest BCUT2D eigenvalue weighted by molar-refractivity contribution is -0.134. The molecule has 1 heterocycles. The van der Waals surface area contributed by atoms with Crippen LogP contribution in [-0.2, 0) is 20.5 Å². The number of hydrogen-bond donors (Lipinski definition) is 0. The molecule has 0 unspecified atom stereocenters. The van der Waals surface area contributed by atoms with Crippen LogP contribution in [0.2, 0.25) is 0 Å². The van der Waals surface area contributed by atoms with Gasteiger partial charge in [0.2, 0.25) is 0 Å². The van der Waals surface area contributed by atoms with Gasteiger partial charge in [-0.05, 0) is 51.2 Å². The van der Waals surface area contributed by atoms with Gasteiger partial charge in [-0.15, -0.1) is 0 Å². The smallest absolute Gasteiger partial charge is 0.426 e. The molecular formula is C17H25BO4. The standard InChI is InChI=1S/C17H25BO4/c1-7-12-11-13(9-10-14(12)20-15(19)8-2)18-21-16(3,4)17(5,6)22-18/h9-11H,7-8H2,1-6H3. The summed E-state index contributed by atoms with van der Waals surface area (Å²) in [5.74, 6) is 0.396. The van der Waals surface area contributed by atoms with E-state index in [2.05, 4.69) is 0 Å². The molecule has 1 saturated heterocycles. The second-order valence-electron chi connectivity index (χ2n) is 6.64. The minimum Gasteiger partial charge on any atom is -0.426 e. The summed E-state index contributed by atoms with van der Waals surface area (Å²) in [6, 6.07) is 5.73. The Morgan fingerprint density at radius 1 is 1.14 bits per heavy atom. The van der Waals surface area contributed by atoms with Crippen molar-refractivity contribution < 1.29 is 18.8 Å². The third-order valence-corrected chi connectivity index (χ3v) is 4.50. The van der Waals surface area contributed by atoms with E-state index < -0.39 is 7.12 Å². The predicted octanol–water partition coefficient (Wildman–Crippen LogP) is 2.86. The summed E-state index contributed by atoms with van der Waals surface area (Å²) in [5, 5.41) is 0. The van der Waals surface area contributed by atoms with Gasteiger partial charge in [-0.25, -0.2) is 0 Å². The first kappa shape index (κ1) is 17.0. The van der Waals surface area contributed by atoms with Gasteiger partial charge in [0.1, 0.15) is 5.75 Å².